The van der Waals surface area contributed by atoms with E-state index in [4.69, 9.17) is 4.74 Å². The van der Waals surface area contributed by atoms with Crippen LogP contribution in [0.3, 0.4) is 0 Å². The summed E-state index contributed by atoms with van der Waals surface area (Å²) >= 11 is 0. The monoisotopic (exact) mass is 580 g/mol. The lowest BCUT2D eigenvalue weighted by Gasteiger charge is -2.39. The fraction of sp³-hybridized carbons (Fsp3) is 0.400. The zero-order chi connectivity index (χ0) is 30.3. The molecule has 0 radical (unpaired) electrons. The summed E-state index contributed by atoms with van der Waals surface area (Å²) in [5, 5.41) is 16.3. The number of carbonyl (C=O) groups is 1. The molecule has 1 aliphatic heterocycles. The molecule has 3 aromatic rings. The van der Waals surface area contributed by atoms with Crippen molar-refractivity contribution in [2.45, 2.75) is 50.9 Å². The third kappa shape index (κ3) is 5.09. The normalized spacial score (nSPS) is 18.0. The number of nitrogens with one attached hydrogen (secondary N) is 1. The van der Waals surface area contributed by atoms with Gasteiger partial charge < -0.3 is 9.64 Å². The number of carbonyl (C=O) groups excluding carboxylic acids is 1. The summed E-state index contributed by atoms with van der Waals surface area (Å²) in [5.41, 5.74) is 0.678. The van der Waals surface area contributed by atoms with Crippen LogP contribution < -0.4 is 10.6 Å². The van der Waals surface area contributed by atoms with E-state index in [9.17, 15) is 28.0 Å². The van der Waals surface area contributed by atoms with E-state index in [1.807, 2.05) is 14.1 Å². The van der Waals surface area contributed by atoms with E-state index in [1.54, 1.807) is 25.1 Å². The number of anilines is 2. The molecule has 42 heavy (non-hydrogen) atoms. The lowest BCUT2D eigenvalue weighted by atomic mass is 9.76. The van der Waals surface area contributed by atoms with Crippen LogP contribution in [0.2, 0.25) is 0 Å². The summed E-state index contributed by atoms with van der Waals surface area (Å²) in [4.78, 5) is 30.3. The number of nitriles is 1. The van der Waals surface area contributed by atoms with Crippen LogP contribution in [-0.2, 0) is 22.1 Å². The number of H-pyrrole nitrogens is 1. The predicted octanol–water partition coefficient (Wildman–Crippen LogP) is 4.92. The largest absolute Gasteiger partial charge is 0.466 e. The number of methoxy groups -OCH3 is 1. The zero-order valence-corrected chi connectivity index (χ0v) is 23.7. The number of halogens is 3. The van der Waals surface area contributed by atoms with Gasteiger partial charge in [0.1, 0.15) is 6.04 Å². The molecule has 9 nitrogen and oxygen atoms in total. The molecule has 1 unspecified atom stereocenters. The molecule has 0 spiro atoms. The quantitative estimate of drug-likeness (QED) is 0.395. The van der Waals surface area contributed by atoms with Gasteiger partial charge in [-0.15, -0.1) is 5.10 Å². The predicted molar refractivity (Wildman–Crippen MR) is 149 cm³/mol. The zero-order valence-electron chi connectivity index (χ0n) is 23.7. The first-order chi connectivity index (χ1) is 20.0. The minimum atomic E-state index is -4.61. The summed E-state index contributed by atoms with van der Waals surface area (Å²) in [6.45, 7) is 1.59. The van der Waals surface area contributed by atoms with Crippen LogP contribution in [0.15, 0.2) is 58.5 Å². The van der Waals surface area contributed by atoms with Gasteiger partial charge in [-0.1, -0.05) is 18.6 Å². The van der Waals surface area contributed by atoms with Gasteiger partial charge >= 0.3 is 17.8 Å². The first kappa shape index (κ1) is 29.1. The Kier molecular flexibility index (Phi) is 7.72. The van der Waals surface area contributed by atoms with E-state index in [2.05, 4.69) is 21.2 Å². The van der Waals surface area contributed by atoms with Crippen molar-refractivity contribution in [3.05, 3.63) is 86.5 Å². The number of alkyl halides is 3. The Bertz CT molecular complexity index is 1640. The molecule has 1 saturated carbocycles. The number of hydrogen-bond acceptors (Lipinski definition) is 7. The van der Waals surface area contributed by atoms with Crippen LogP contribution >= 0.6 is 0 Å². The fourth-order valence-electron chi connectivity index (χ4n) is 6.02. The maximum Gasteiger partial charge on any atom is 0.416 e. The van der Waals surface area contributed by atoms with E-state index >= 15 is 0 Å². The van der Waals surface area contributed by atoms with E-state index in [0.717, 1.165) is 37.0 Å². The molecule has 1 fully saturated rings. The molecule has 0 bridgehead atoms. The van der Waals surface area contributed by atoms with Crippen LogP contribution in [0.1, 0.15) is 54.5 Å². The number of aromatic nitrogens is 3. The van der Waals surface area contributed by atoms with Crippen molar-refractivity contribution < 1.29 is 22.7 Å². The van der Waals surface area contributed by atoms with Crippen molar-refractivity contribution in [2.75, 3.05) is 26.1 Å². The van der Waals surface area contributed by atoms with Gasteiger partial charge in [-0.05, 0) is 87.7 Å². The van der Waals surface area contributed by atoms with Crippen molar-refractivity contribution in [1.82, 2.24) is 19.7 Å². The number of allylic oxidation sites excluding steroid dienone is 1. The number of fused-ring (bicyclic) bond motifs is 1. The second-order valence-corrected chi connectivity index (χ2v) is 10.9. The molecular weight excluding hydrogens is 549 g/mol. The highest BCUT2D eigenvalue weighted by atomic mass is 19.4. The molecule has 2 heterocycles. The topological polar surface area (TPSA) is 107 Å². The van der Waals surface area contributed by atoms with Crippen LogP contribution in [0.5, 0.6) is 0 Å². The van der Waals surface area contributed by atoms with Crippen LogP contribution in [-0.4, -0.2) is 52.9 Å². The number of esters is 1. The second-order valence-electron chi connectivity index (χ2n) is 10.9. The molecule has 2 aromatic carbocycles. The molecule has 220 valence electrons. The van der Waals surface area contributed by atoms with E-state index in [1.165, 1.54) is 28.7 Å². The molecule has 5 rings (SSSR count). The maximum absolute atomic E-state index is 13.6. The van der Waals surface area contributed by atoms with Crippen molar-refractivity contribution >= 4 is 17.6 Å². The summed E-state index contributed by atoms with van der Waals surface area (Å²) in [6.07, 6.45) is -0.724. The molecule has 0 saturated heterocycles. The molecule has 12 heteroatoms. The molecule has 1 aliphatic carbocycles. The van der Waals surface area contributed by atoms with Crippen LogP contribution in [0.25, 0.3) is 0 Å². The average Bonchev–Trinajstić information content (AvgIpc) is 3.30. The van der Waals surface area contributed by atoms with E-state index < -0.39 is 29.4 Å². The second kappa shape index (κ2) is 11.1. The molecule has 2 aliphatic rings. The highest BCUT2D eigenvalue weighted by molar-refractivity contribution is 5.93. The third-order valence-corrected chi connectivity index (χ3v) is 8.33. The summed E-state index contributed by atoms with van der Waals surface area (Å²) in [7, 11) is 5.22. The Hall–Kier alpha value is -4.37. The Morgan fingerprint density at radius 3 is 2.57 bits per heavy atom. The highest BCUT2D eigenvalue weighted by Gasteiger charge is 2.41. The molecule has 0 amide bonds. The molecule has 1 N–H and O–H groups in total. The number of likely N-dealkylation sites (N-methyl/N-ethyl adjacent to an activating group) is 1. The lowest BCUT2D eigenvalue weighted by molar-refractivity contribution is -0.138. The van der Waals surface area contributed by atoms with Gasteiger partial charge in [-0.3, -0.25) is 4.90 Å². The number of nitrogens with zero attached hydrogens (tertiary/aromatic N) is 5. The number of hydrogen-bond donors (Lipinski definition) is 1. The van der Waals surface area contributed by atoms with E-state index in [-0.39, 0.29) is 28.9 Å². The number of aromatic amines is 1. The number of benzene rings is 2. The summed E-state index contributed by atoms with van der Waals surface area (Å²) in [6, 6.07) is 11.0. The van der Waals surface area contributed by atoms with Crippen molar-refractivity contribution in [3.63, 3.8) is 0 Å². The van der Waals surface area contributed by atoms with Crippen molar-refractivity contribution in [3.8, 4) is 6.07 Å². The average molecular weight is 581 g/mol. The Labute approximate surface area is 240 Å². The standard InChI is InChI=1S/C30H31F3N6O3/c1-17-25(27(40)42-4)26(23-12-11-18(16-34)13-20(23)14-24(37(2)3)19-7-5-8-19)39-28(35-36-29(39)41)38(17)22-10-6-9-21(15-22)30(31,32)33/h6,9-13,15,19,24,26H,5,7-8,14H2,1-4H3,(H,36,41)/t24?,26-/m1/s1. The van der Waals surface area contributed by atoms with Gasteiger partial charge in [-0.25, -0.2) is 19.3 Å². The Morgan fingerprint density at radius 2 is 1.98 bits per heavy atom. The van der Waals surface area contributed by atoms with Gasteiger partial charge in [0.2, 0.25) is 5.95 Å². The lowest BCUT2D eigenvalue weighted by Crippen LogP contribution is -2.41. The summed E-state index contributed by atoms with van der Waals surface area (Å²) < 4.78 is 47.3. The Balaban J connectivity index is 1.74. The Morgan fingerprint density at radius 1 is 1.24 bits per heavy atom. The van der Waals surface area contributed by atoms with Crippen LogP contribution in [0, 0.1) is 17.2 Å². The molecule has 2 atom stereocenters. The maximum atomic E-state index is 13.6. The van der Waals surface area contributed by atoms with Gasteiger partial charge in [0.05, 0.1) is 29.9 Å². The number of ether oxygens (including phenoxy) is 1. The van der Waals surface area contributed by atoms with E-state index in [0.29, 0.717) is 23.5 Å². The van der Waals surface area contributed by atoms with Gasteiger partial charge in [0.15, 0.2) is 0 Å². The van der Waals surface area contributed by atoms with Gasteiger partial charge in [-0.2, -0.15) is 18.4 Å². The SMILES string of the molecule is COC(=O)C1=C(C)N(c2cccc(C(F)(F)F)c2)c2n[nH]c(=O)n2[C@@H]1c1ccc(C#N)cc1CC(C1CCC1)N(C)C. The first-order valence-electron chi connectivity index (χ1n) is 13.6. The first-order valence-corrected chi connectivity index (χ1v) is 13.6. The van der Waals surface area contributed by atoms with Crippen molar-refractivity contribution in [1.29, 1.82) is 5.26 Å². The third-order valence-electron chi connectivity index (χ3n) is 8.33. The van der Waals surface area contributed by atoms with Gasteiger partial charge in [0, 0.05) is 17.4 Å². The van der Waals surface area contributed by atoms with Crippen molar-refractivity contribution in [2.24, 2.45) is 5.92 Å². The van der Waals surface area contributed by atoms with Crippen LogP contribution in [0.4, 0.5) is 24.8 Å². The number of rotatable bonds is 7. The highest BCUT2D eigenvalue weighted by Crippen LogP contribution is 2.44. The molecular formula is C30H31F3N6O3. The molecule has 1 aromatic heterocycles. The van der Waals surface area contributed by atoms with Gasteiger partial charge in [0.25, 0.3) is 0 Å². The fourth-order valence-corrected chi connectivity index (χ4v) is 6.02. The summed E-state index contributed by atoms with van der Waals surface area (Å²) in [5.74, 6) is -0.259. The smallest absolute Gasteiger partial charge is 0.416 e. The minimum Gasteiger partial charge on any atom is -0.466 e. The minimum absolute atomic E-state index is 0.0212.